The van der Waals surface area contributed by atoms with E-state index in [9.17, 15) is 4.79 Å². The lowest BCUT2D eigenvalue weighted by Gasteiger charge is -2.51. The maximum atomic E-state index is 14.0. The van der Waals surface area contributed by atoms with E-state index in [1.165, 1.54) is 11.1 Å². The van der Waals surface area contributed by atoms with Crippen molar-refractivity contribution in [2.24, 2.45) is 5.92 Å². The number of hydrogen-bond donors (Lipinski definition) is 1. The van der Waals surface area contributed by atoms with Gasteiger partial charge in [-0.05, 0) is 55.2 Å². The molecule has 1 aromatic heterocycles. The van der Waals surface area contributed by atoms with E-state index in [1.54, 1.807) is 0 Å². The Morgan fingerprint density at radius 1 is 0.970 bits per heavy atom. The van der Waals surface area contributed by atoms with Crippen molar-refractivity contribution in [3.05, 3.63) is 99.2 Å². The molecule has 0 saturated heterocycles. The van der Waals surface area contributed by atoms with Crippen LogP contribution in [0.5, 0.6) is 0 Å². The summed E-state index contributed by atoms with van der Waals surface area (Å²) < 4.78 is 6.50. The number of nitrogens with zero attached hydrogens (tertiary/aromatic N) is 1. The summed E-state index contributed by atoms with van der Waals surface area (Å²) in [6, 6.07) is 22.6. The van der Waals surface area contributed by atoms with Gasteiger partial charge in [0.05, 0.1) is 17.0 Å². The highest BCUT2D eigenvalue weighted by molar-refractivity contribution is 5.82. The molecule has 2 aliphatic heterocycles. The minimum atomic E-state index is -0.129. The Morgan fingerprint density at radius 3 is 2.48 bits per heavy atom. The summed E-state index contributed by atoms with van der Waals surface area (Å²) in [5.41, 5.74) is 7.05. The van der Waals surface area contributed by atoms with Crippen LogP contribution >= 0.6 is 0 Å². The minimum absolute atomic E-state index is 0.0597. The maximum absolute atomic E-state index is 14.0. The molecular formula is C29H28N2O2. The van der Waals surface area contributed by atoms with Crippen LogP contribution in [-0.2, 0) is 5.41 Å². The Kier molecular flexibility index (Phi) is 4.25. The third kappa shape index (κ3) is 2.93. The fourth-order valence-electron chi connectivity index (χ4n) is 5.71. The fourth-order valence-corrected chi connectivity index (χ4v) is 5.71. The highest BCUT2D eigenvalue weighted by Crippen LogP contribution is 2.53. The van der Waals surface area contributed by atoms with Gasteiger partial charge in [0.15, 0.2) is 5.43 Å². The monoisotopic (exact) mass is 436 g/mol. The molecule has 3 heterocycles. The normalized spacial score (nSPS) is 20.5. The molecule has 3 aromatic carbocycles. The molecule has 2 atom stereocenters. The molecular weight excluding hydrogens is 408 g/mol. The average Bonchev–Trinajstić information content (AvgIpc) is 2.80. The van der Waals surface area contributed by atoms with Crippen LogP contribution in [0.25, 0.3) is 11.0 Å². The SMILES string of the molecule is Cc1ccc2c(c1)C(C)(C)[C@H]1CN(c3ccccc3)c3oc4ccc(C)cc4c(=O)c3[C@H]1N2. The molecule has 33 heavy (non-hydrogen) atoms. The second kappa shape index (κ2) is 6.98. The van der Waals surface area contributed by atoms with Crippen molar-refractivity contribution in [3.63, 3.8) is 0 Å². The van der Waals surface area contributed by atoms with Crippen LogP contribution in [0.4, 0.5) is 17.3 Å². The molecule has 0 unspecified atom stereocenters. The Morgan fingerprint density at radius 2 is 1.70 bits per heavy atom. The van der Waals surface area contributed by atoms with Crippen molar-refractivity contribution in [3.8, 4) is 0 Å². The number of para-hydroxylation sites is 1. The van der Waals surface area contributed by atoms with Gasteiger partial charge in [-0.2, -0.15) is 0 Å². The second-order valence-corrected chi connectivity index (χ2v) is 10.1. The highest BCUT2D eigenvalue weighted by Gasteiger charge is 2.49. The fraction of sp³-hybridized carbons (Fsp3) is 0.276. The molecule has 0 saturated carbocycles. The molecule has 0 spiro atoms. The number of anilines is 3. The van der Waals surface area contributed by atoms with E-state index in [0.717, 1.165) is 29.0 Å². The molecule has 0 fully saturated rings. The van der Waals surface area contributed by atoms with E-state index in [-0.39, 0.29) is 22.8 Å². The van der Waals surface area contributed by atoms with Crippen molar-refractivity contribution in [1.82, 2.24) is 0 Å². The van der Waals surface area contributed by atoms with Gasteiger partial charge >= 0.3 is 0 Å². The van der Waals surface area contributed by atoms with Crippen LogP contribution in [0.3, 0.4) is 0 Å². The zero-order chi connectivity index (χ0) is 22.9. The molecule has 0 amide bonds. The summed E-state index contributed by atoms with van der Waals surface area (Å²) >= 11 is 0. The number of fused-ring (bicyclic) bond motifs is 5. The topological polar surface area (TPSA) is 45.5 Å². The first kappa shape index (κ1) is 20.1. The molecule has 4 nitrogen and oxygen atoms in total. The van der Waals surface area contributed by atoms with Gasteiger partial charge in [0.2, 0.25) is 5.88 Å². The third-order valence-corrected chi connectivity index (χ3v) is 7.57. The van der Waals surface area contributed by atoms with Crippen LogP contribution in [0.15, 0.2) is 75.9 Å². The predicted molar refractivity (Wildman–Crippen MR) is 135 cm³/mol. The molecule has 166 valence electrons. The maximum Gasteiger partial charge on any atom is 0.209 e. The largest absolute Gasteiger partial charge is 0.440 e. The van der Waals surface area contributed by atoms with E-state index in [2.05, 4.69) is 61.3 Å². The summed E-state index contributed by atoms with van der Waals surface area (Å²) in [7, 11) is 0. The lowest BCUT2D eigenvalue weighted by atomic mass is 9.64. The lowest BCUT2D eigenvalue weighted by molar-refractivity contribution is 0.259. The second-order valence-electron chi connectivity index (χ2n) is 10.1. The number of benzene rings is 3. The summed E-state index contributed by atoms with van der Waals surface area (Å²) in [5, 5.41) is 4.39. The first-order valence-corrected chi connectivity index (χ1v) is 11.6. The first-order chi connectivity index (χ1) is 15.8. The van der Waals surface area contributed by atoms with Crippen molar-refractivity contribution in [2.45, 2.75) is 39.2 Å². The molecule has 0 aliphatic carbocycles. The Balaban J connectivity index is 1.65. The standard InChI is InChI=1S/C29H28N2O2/c1-17-11-13-24-20(14-17)27(32)25-26-22(16-31(28(25)33-24)19-8-6-5-7-9-19)29(3,4)21-15-18(2)10-12-23(21)30-26/h5-15,22,26,30H,16H2,1-4H3/t22-,26-/m0/s1. The van der Waals surface area contributed by atoms with Crippen molar-refractivity contribution < 1.29 is 4.42 Å². The summed E-state index contributed by atoms with van der Waals surface area (Å²) in [5.74, 6) is 0.840. The van der Waals surface area contributed by atoms with Crippen molar-refractivity contribution in [2.75, 3.05) is 16.8 Å². The molecule has 4 aromatic rings. The molecule has 4 heteroatoms. The van der Waals surface area contributed by atoms with E-state index >= 15 is 0 Å². The minimum Gasteiger partial charge on any atom is -0.440 e. The van der Waals surface area contributed by atoms with Gasteiger partial charge in [-0.15, -0.1) is 0 Å². The van der Waals surface area contributed by atoms with Crippen LogP contribution in [0, 0.1) is 19.8 Å². The van der Waals surface area contributed by atoms with Gasteiger partial charge in [-0.25, -0.2) is 0 Å². The number of hydrogen-bond acceptors (Lipinski definition) is 4. The lowest BCUT2D eigenvalue weighted by Crippen LogP contribution is -2.51. The van der Waals surface area contributed by atoms with E-state index in [4.69, 9.17) is 4.42 Å². The first-order valence-electron chi connectivity index (χ1n) is 11.6. The smallest absolute Gasteiger partial charge is 0.209 e. The molecule has 2 aliphatic rings. The summed E-state index contributed by atoms with van der Waals surface area (Å²) in [4.78, 5) is 16.2. The average molecular weight is 437 g/mol. The van der Waals surface area contributed by atoms with Crippen LogP contribution in [-0.4, -0.2) is 6.54 Å². The van der Waals surface area contributed by atoms with Gasteiger partial charge in [-0.1, -0.05) is 61.4 Å². The van der Waals surface area contributed by atoms with E-state index in [0.29, 0.717) is 16.9 Å². The number of nitrogens with one attached hydrogen (secondary N) is 1. The Labute approximate surface area is 193 Å². The summed E-state index contributed by atoms with van der Waals surface area (Å²) in [6.45, 7) is 9.53. The third-order valence-electron chi connectivity index (χ3n) is 7.57. The molecule has 0 bridgehead atoms. The van der Waals surface area contributed by atoms with Gasteiger partial charge in [0.25, 0.3) is 0 Å². The highest BCUT2D eigenvalue weighted by atomic mass is 16.4. The molecule has 1 N–H and O–H groups in total. The van der Waals surface area contributed by atoms with Gasteiger partial charge in [0, 0.05) is 23.8 Å². The van der Waals surface area contributed by atoms with Crippen LogP contribution < -0.4 is 15.6 Å². The number of rotatable bonds is 1. The number of aryl methyl sites for hydroxylation is 2. The Hall–Kier alpha value is -3.53. The zero-order valence-corrected chi connectivity index (χ0v) is 19.5. The van der Waals surface area contributed by atoms with Crippen molar-refractivity contribution >= 4 is 28.2 Å². The van der Waals surface area contributed by atoms with Gasteiger partial charge < -0.3 is 14.6 Å². The zero-order valence-electron chi connectivity index (χ0n) is 19.5. The van der Waals surface area contributed by atoms with E-state index < -0.39 is 0 Å². The molecule has 0 radical (unpaired) electrons. The predicted octanol–water partition coefficient (Wildman–Crippen LogP) is 6.62. The van der Waals surface area contributed by atoms with Crippen LogP contribution in [0.2, 0.25) is 0 Å². The van der Waals surface area contributed by atoms with Crippen LogP contribution in [0.1, 0.15) is 42.1 Å². The van der Waals surface area contributed by atoms with E-state index in [1.807, 2.05) is 43.3 Å². The van der Waals surface area contributed by atoms with Gasteiger partial charge in [-0.3, -0.25) is 4.79 Å². The molecule has 6 rings (SSSR count). The van der Waals surface area contributed by atoms with Gasteiger partial charge in [0.1, 0.15) is 5.58 Å². The Bertz CT molecular complexity index is 1450. The quantitative estimate of drug-likeness (QED) is 0.364. The van der Waals surface area contributed by atoms with Crippen molar-refractivity contribution in [1.29, 1.82) is 0 Å². The summed E-state index contributed by atoms with van der Waals surface area (Å²) in [6.07, 6.45) is 0.